The number of nitrogens with zero attached hydrogens (tertiary/aromatic N) is 3. The minimum absolute atomic E-state index is 0.106. The summed E-state index contributed by atoms with van der Waals surface area (Å²) in [4.78, 5) is 39.7. The molecule has 0 spiro atoms. The molecule has 0 fully saturated rings. The number of carbonyl (C=O) groups excluding carboxylic acids is 1. The molecule has 0 saturated carbocycles. The van der Waals surface area contributed by atoms with E-state index in [9.17, 15) is 19.7 Å². The normalized spacial score (nSPS) is 15.3. The third-order valence-corrected chi connectivity index (χ3v) is 6.02. The fraction of sp³-hybridized carbons (Fsp3) is 0.0800. The molecule has 6 rings (SSSR count). The van der Waals surface area contributed by atoms with E-state index in [2.05, 4.69) is 5.16 Å². The van der Waals surface area contributed by atoms with Crippen molar-refractivity contribution in [2.75, 3.05) is 4.90 Å². The van der Waals surface area contributed by atoms with Crippen LogP contribution in [0.2, 0.25) is 0 Å². The summed E-state index contributed by atoms with van der Waals surface area (Å²) in [6.07, 6.45) is 0. The molecule has 1 aliphatic heterocycles. The number of anilines is 1. The standard InChI is InChI=1S/C25H15N3O6/c1-13-11-19(26-34-13)27-22(15-6-4-7-16(12-15)28(31)32)21-23(29)20-17-8-3-2-5-14(17)9-10-18(20)33-24(21)25(27)30/h2-12,22H,1H3. The SMILES string of the molecule is Cc1cc(N2C(=O)c3oc4ccc5ccccc5c4c(=O)c3C2c2cccc([N+](=O)[O-])c2)no1. The van der Waals surface area contributed by atoms with Crippen molar-refractivity contribution in [3.05, 3.63) is 110 Å². The number of aromatic nitrogens is 1. The highest BCUT2D eigenvalue weighted by molar-refractivity contribution is 6.12. The zero-order valence-corrected chi connectivity index (χ0v) is 17.7. The first-order valence-corrected chi connectivity index (χ1v) is 10.4. The second kappa shape index (κ2) is 7.11. The van der Waals surface area contributed by atoms with Gasteiger partial charge in [0, 0.05) is 18.2 Å². The van der Waals surface area contributed by atoms with E-state index in [0.717, 1.165) is 5.39 Å². The van der Waals surface area contributed by atoms with Crippen molar-refractivity contribution in [1.29, 1.82) is 0 Å². The second-order valence-corrected chi connectivity index (χ2v) is 8.06. The van der Waals surface area contributed by atoms with Gasteiger partial charge in [-0.15, -0.1) is 0 Å². The Labute approximate surface area is 191 Å². The maximum absolute atomic E-state index is 13.9. The molecule has 166 valence electrons. The molecule has 9 heteroatoms. The summed E-state index contributed by atoms with van der Waals surface area (Å²) in [6.45, 7) is 1.68. The van der Waals surface area contributed by atoms with Crippen molar-refractivity contribution in [2.24, 2.45) is 0 Å². The summed E-state index contributed by atoms with van der Waals surface area (Å²) in [5.74, 6) is -0.0531. The Morgan fingerprint density at radius 3 is 2.62 bits per heavy atom. The van der Waals surface area contributed by atoms with Crippen LogP contribution in [0.3, 0.4) is 0 Å². The first kappa shape index (κ1) is 19.9. The minimum atomic E-state index is -0.980. The summed E-state index contributed by atoms with van der Waals surface area (Å²) >= 11 is 0. The van der Waals surface area contributed by atoms with Crippen molar-refractivity contribution >= 4 is 39.2 Å². The molecule has 0 saturated heterocycles. The van der Waals surface area contributed by atoms with Crippen LogP contribution >= 0.6 is 0 Å². The van der Waals surface area contributed by atoms with Gasteiger partial charge in [-0.1, -0.05) is 47.6 Å². The Kier molecular flexibility index (Phi) is 4.15. The van der Waals surface area contributed by atoms with E-state index in [-0.39, 0.29) is 33.8 Å². The number of amides is 1. The Bertz CT molecular complexity index is 1720. The van der Waals surface area contributed by atoms with Crippen molar-refractivity contribution in [2.45, 2.75) is 13.0 Å². The van der Waals surface area contributed by atoms with Gasteiger partial charge < -0.3 is 8.94 Å². The molecule has 1 aliphatic rings. The van der Waals surface area contributed by atoms with E-state index in [1.165, 1.54) is 23.1 Å². The van der Waals surface area contributed by atoms with E-state index in [0.29, 0.717) is 22.1 Å². The molecular formula is C25H15N3O6. The maximum atomic E-state index is 13.9. The molecule has 0 radical (unpaired) electrons. The van der Waals surface area contributed by atoms with Crippen molar-refractivity contribution in [3.63, 3.8) is 0 Å². The average Bonchev–Trinajstić information content (AvgIpc) is 3.39. The molecule has 9 nitrogen and oxygen atoms in total. The highest BCUT2D eigenvalue weighted by Crippen LogP contribution is 2.42. The number of nitro benzene ring substituents is 1. The number of carbonyl (C=O) groups is 1. The number of hydrogen-bond donors (Lipinski definition) is 0. The Balaban J connectivity index is 1.70. The largest absolute Gasteiger partial charge is 0.450 e. The van der Waals surface area contributed by atoms with Gasteiger partial charge in [0.15, 0.2) is 11.2 Å². The van der Waals surface area contributed by atoms with Gasteiger partial charge in [-0.25, -0.2) is 0 Å². The van der Waals surface area contributed by atoms with Crippen LogP contribution in [0.25, 0.3) is 21.7 Å². The summed E-state index contributed by atoms with van der Waals surface area (Å²) in [6, 6.07) is 17.3. The topological polar surface area (TPSA) is 120 Å². The smallest absolute Gasteiger partial charge is 0.296 e. The quantitative estimate of drug-likeness (QED) is 0.216. The number of rotatable bonds is 3. The highest BCUT2D eigenvalue weighted by Gasteiger charge is 2.45. The van der Waals surface area contributed by atoms with Gasteiger partial charge in [-0.05, 0) is 29.3 Å². The first-order valence-electron chi connectivity index (χ1n) is 10.4. The van der Waals surface area contributed by atoms with E-state index in [4.69, 9.17) is 8.94 Å². The highest BCUT2D eigenvalue weighted by atomic mass is 16.6. The summed E-state index contributed by atoms with van der Waals surface area (Å²) in [5, 5.41) is 17.3. The number of benzene rings is 3. The monoisotopic (exact) mass is 453 g/mol. The van der Waals surface area contributed by atoms with Crippen LogP contribution < -0.4 is 10.3 Å². The summed E-state index contributed by atoms with van der Waals surface area (Å²) < 4.78 is 11.2. The fourth-order valence-electron chi connectivity index (χ4n) is 4.56. The van der Waals surface area contributed by atoms with Gasteiger partial charge in [0.2, 0.25) is 5.76 Å². The molecule has 34 heavy (non-hydrogen) atoms. The van der Waals surface area contributed by atoms with Gasteiger partial charge in [-0.2, -0.15) is 0 Å². The predicted molar refractivity (Wildman–Crippen MR) is 123 cm³/mol. The van der Waals surface area contributed by atoms with Gasteiger partial charge in [0.25, 0.3) is 11.6 Å². The van der Waals surface area contributed by atoms with Crippen LogP contribution in [0.4, 0.5) is 11.5 Å². The van der Waals surface area contributed by atoms with E-state index in [1.54, 1.807) is 25.1 Å². The molecule has 0 bridgehead atoms. The first-order chi connectivity index (χ1) is 16.4. The van der Waals surface area contributed by atoms with Crippen LogP contribution in [0, 0.1) is 17.0 Å². The van der Waals surface area contributed by atoms with Crippen LogP contribution in [0.5, 0.6) is 0 Å². The van der Waals surface area contributed by atoms with Crippen LogP contribution in [0.1, 0.15) is 33.5 Å². The molecule has 1 unspecified atom stereocenters. The Morgan fingerprint density at radius 2 is 1.85 bits per heavy atom. The summed E-state index contributed by atoms with van der Waals surface area (Å²) in [7, 11) is 0. The fourth-order valence-corrected chi connectivity index (χ4v) is 4.56. The van der Waals surface area contributed by atoms with Crippen LogP contribution in [-0.2, 0) is 0 Å². The number of nitro groups is 1. The lowest BCUT2D eigenvalue weighted by Gasteiger charge is -2.22. The predicted octanol–water partition coefficient (Wildman–Crippen LogP) is 4.90. The zero-order valence-electron chi connectivity index (χ0n) is 17.7. The molecule has 1 amide bonds. The van der Waals surface area contributed by atoms with Gasteiger partial charge >= 0.3 is 0 Å². The molecule has 0 N–H and O–H groups in total. The van der Waals surface area contributed by atoms with E-state index >= 15 is 0 Å². The number of fused-ring (bicyclic) bond motifs is 4. The van der Waals surface area contributed by atoms with Crippen molar-refractivity contribution in [1.82, 2.24) is 5.16 Å². The molecule has 0 aliphatic carbocycles. The molecule has 3 heterocycles. The molecule has 5 aromatic rings. The Morgan fingerprint density at radius 1 is 1.03 bits per heavy atom. The molecule has 1 atom stereocenters. The lowest BCUT2D eigenvalue weighted by atomic mass is 9.96. The van der Waals surface area contributed by atoms with Gasteiger partial charge in [0.1, 0.15) is 11.3 Å². The zero-order chi connectivity index (χ0) is 23.6. The number of non-ortho nitro benzene ring substituents is 1. The lowest BCUT2D eigenvalue weighted by Crippen LogP contribution is -2.29. The van der Waals surface area contributed by atoms with Crippen LogP contribution in [-0.4, -0.2) is 16.0 Å². The van der Waals surface area contributed by atoms with Crippen LogP contribution in [0.15, 0.2) is 80.5 Å². The minimum Gasteiger partial charge on any atom is -0.450 e. The number of aryl methyl sites for hydroxylation is 1. The third-order valence-electron chi connectivity index (χ3n) is 6.02. The molecule has 2 aromatic heterocycles. The second-order valence-electron chi connectivity index (χ2n) is 8.06. The Hall–Kier alpha value is -4.79. The maximum Gasteiger partial charge on any atom is 0.296 e. The lowest BCUT2D eigenvalue weighted by molar-refractivity contribution is -0.384. The van der Waals surface area contributed by atoms with E-state index < -0.39 is 16.9 Å². The molecule has 3 aromatic carbocycles. The van der Waals surface area contributed by atoms with Gasteiger partial charge in [-0.3, -0.25) is 24.6 Å². The van der Waals surface area contributed by atoms with E-state index in [1.807, 2.05) is 30.3 Å². The molecular weight excluding hydrogens is 438 g/mol. The van der Waals surface area contributed by atoms with Crippen molar-refractivity contribution < 1.29 is 18.7 Å². The summed E-state index contributed by atoms with van der Waals surface area (Å²) in [5.41, 5.74) is 0.238. The number of hydrogen-bond acceptors (Lipinski definition) is 7. The van der Waals surface area contributed by atoms with Gasteiger partial charge in [0.05, 0.1) is 21.9 Å². The average molecular weight is 453 g/mol. The third kappa shape index (κ3) is 2.77. The van der Waals surface area contributed by atoms with Crippen molar-refractivity contribution in [3.8, 4) is 0 Å².